The van der Waals surface area contributed by atoms with E-state index in [9.17, 15) is 8.42 Å². The van der Waals surface area contributed by atoms with Crippen LogP contribution < -0.4 is 0 Å². The van der Waals surface area contributed by atoms with Gasteiger partial charge in [0.05, 0.1) is 20.6 Å². The van der Waals surface area contributed by atoms with E-state index in [0.29, 0.717) is 10.6 Å². The summed E-state index contributed by atoms with van der Waals surface area (Å²) < 4.78 is 24.8. The van der Waals surface area contributed by atoms with Crippen molar-refractivity contribution in [3.05, 3.63) is 54.1 Å². The number of hydrogen-bond acceptors (Lipinski definition) is 4. The number of nitrogens with zero attached hydrogens (tertiary/aromatic N) is 1. The lowest BCUT2D eigenvalue weighted by atomic mass is 10.2. The van der Waals surface area contributed by atoms with Crippen LogP contribution in [0.25, 0.3) is 0 Å². The summed E-state index contributed by atoms with van der Waals surface area (Å²) in [5.74, 6) is 0. The predicted octanol–water partition coefficient (Wildman–Crippen LogP) is 3.56. The molecule has 0 fully saturated rings. The van der Waals surface area contributed by atoms with Crippen molar-refractivity contribution in [2.75, 3.05) is 0 Å². The van der Waals surface area contributed by atoms with Gasteiger partial charge in [0.1, 0.15) is 0 Å². The second kappa shape index (κ2) is 5.45. The Kier molecular flexibility index (Phi) is 3.90. The normalized spacial score (nSPS) is 10.8. The minimum atomic E-state index is -3.48. The van der Waals surface area contributed by atoms with Gasteiger partial charge in [-0.2, -0.15) is 4.99 Å². The molecular weight excluding hydrogens is 278 g/mol. The lowest BCUT2D eigenvalue weighted by molar-refractivity contribution is 0.596. The van der Waals surface area contributed by atoms with E-state index in [0.717, 1.165) is 5.56 Å². The Morgan fingerprint density at radius 2 is 1.74 bits per heavy atom. The van der Waals surface area contributed by atoms with Crippen LogP contribution in [0.2, 0.25) is 0 Å². The summed E-state index contributed by atoms with van der Waals surface area (Å²) in [6.07, 6.45) is 0. The zero-order valence-corrected chi connectivity index (χ0v) is 11.8. The number of hydrogen-bond donors (Lipinski definition) is 0. The summed E-state index contributed by atoms with van der Waals surface area (Å²) >= 11 is 4.50. The van der Waals surface area contributed by atoms with Crippen molar-refractivity contribution < 1.29 is 8.42 Å². The molecule has 0 aliphatic heterocycles. The maximum atomic E-state index is 12.4. The van der Waals surface area contributed by atoms with E-state index in [2.05, 4.69) is 22.4 Å². The van der Waals surface area contributed by atoms with Gasteiger partial charge in [-0.25, -0.2) is 8.42 Å². The quantitative estimate of drug-likeness (QED) is 0.641. The van der Waals surface area contributed by atoms with E-state index in [4.69, 9.17) is 0 Å². The summed E-state index contributed by atoms with van der Waals surface area (Å²) in [5, 5.41) is 2.24. The topological polar surface area (TPSA) is 46.5 Å². The summed E-state index contributed by atoms with van der Waals surface area (Å²) in [6, 6.07) is 13.1. The summed E-state index contributed by atoms with van der Waals surface area (Å²) in [5.41, 5.74) is 1.49. The Balaban J connectivity index is 2.47. The van der Waals surface area contributed by atoms with Gasteiger partial charge in [0.2, 0.25) is 9.84 Å². The van der Waals surface area contributed by atoms with Crippen LogP contribution in [0, 0.1) is 6.92 Å². The predicted molar refractivity (Wildman–Crippen MR) is 77.8 cm³/mol. The first kappa shape index (κ1) is 13.6. The van der Waals surface area contributed by atoms with Crippen LogP contribution in [0.1, 0.15) is 5.56 Å². The molecule has 5 heteroatoms. The number of aliphatic imine (C=N–C) groups is 1. The third-order valence-electron chi connectivity index (χ3n) is 2.62. The third kappa shape index (κ3) is 2.96. The molecule has 0 unspecified atom stereocenters. The van der Waals surface area contributed by atoms with Crippen LogP contribution in [0.4, 0.5) is 5.69 Å². The lowest BCUT2D eigenvalue weighted by Crippen LogP contribution is -2.01. The van der Waals surface area contributed by atoms with E-state index in [1.165, 1.54) is 12.1 Å². The highest BCUT2D eigenvalue weighted by molar-refractivity contribution is 7.91. The average molecular weight is 289 g/mol. The molecule has 96 valence electrons. The van der Waals surface area contributed by atoms with Crippen LogP contribution >= 0.6 is 12.2 Å². The van der Waals surface area contributed by atoms with Crippen LogP contribution in [0.3, 0.4) is 0 Å². The fourth-order valence-electron chi connectivity index (χ4n) is 1.67. The highest BCUT2D eigenvalue weighted by Crippen LogP contribution is 2.23. The molecule has 0 aliphatic carbocycles. The van der Waals surface area contributed by atoms with Crippen LogP contribution in [-0.4, -0.2) is 13.6 Å². The molecule has 2 aromatic rings. The molecule has 0 radical (unpaired) electrons. The van der Waals surface area contributed by atoms with Gasteiger partial charge in [-0.15, -0.1) is 0 Å². The van der Waals surface area contributed by atoms with E-state index in [1.807, 2.05) is 13.0 Å². The molecule has 2 aromatic carbocycles. The molecule has 0 spiro atoms. The molecule has 19 heavy (non-hydrogen) atoms. The van der Waals surface area contributed by atoms with Gasteiger partial charge in [0.25, 0.3) is 0 Å². The SMILES string of the molecule is Cc1cccc(S(=O)(=O)c2ccc(N=C=S)cc2)c1. The summed E-state index contributed by atoms with van der Waals surface area (Å²) in [7, 11) is -3.48. The number of isothiocyanates is 1. The first-order valence-electron chi connectivity index (χ1n) is 5.54. The van der Waals surface area contributed by atoms with Gasteiger partial charge in [-0.3, -0.25) is 0 Å². The zero-order chi connectivity index (χ0) is 13.9. The third-order valence-corrected chi connectivity index (χ3v) is 4.48. The van der Waals surface area contributed by atoms with Gasteiger partial charge in [-0.1, -0.05) is 12.1 Å². The Hall–Kier alpha value is -1.81. The van der Waals surface area contributed by atoms with Gasteiger partial charge in [0.15, 0.2) is 0 Å². The van der Waals surface area contributed by atoms with Crippen LogP contribution in [0.15, 0.2) is 63.3 Å². The van der Waals surface area contributed by atoms with Gasteiger partial charge >= 0.3 is 0 Å². The van der Waals surface area contributed by atoms with Crippen molar-refractivity contribution in [2.24, 2.45) is 4.99 Å². The Bertz CT molecular complexity index is 743. The van der Waals surface area contributed by atoms with Crippen molar-refractivity contribution >= 4 is 32.9 Å². The van der Waals surface area contributed by atoms with E-state index >= 15 is 0 Å². The second-order valence-corrected chi connectivity index (χ2v) is 6.15. The van der Waals surface area contributed by atoms with Gasteiger partial charge in [0, 0.05) is 0 Å². The first-order valence-corrected chi connectivity index (χ1v) is 7.43. The van der Waals surface area contributed by atoms with Gasteiger partial charge in [-0.05, 0) is 61.1 Å². The number of benzene rings is 2. The summed E-state index contributed by atoms with van der Waals surface area (Å²) in [6.45, 7) is 1.86. The highest BCUT2D eigenvalue weighted by Gasteiger charge is 2.17. The van der Waals surface area contributed by atoms with Crippen molar-refractivity contribution in [3.8, 4) is 0 Å². The molecule has 0 heterocycles. The molecule has 0 aromatic heterocycles. The summed E-state index contributed by atoms with van der Waals surface area (Å²) in [4.78, 5) is 4.31. The molecule has 0 aliphatic rings. The van der Waals surface area contributed by atoms with Crippen LogP contribution in [0.5, 0.6) is 0 Å². The fraction of sp³-hybridized carbons (Fsp3) is 0.0714. The van der Waals surface area contributed by atoms with Crippen molar-refractivity contribution in [2.45, 2.75) is 16.7 Å². The lowest BCUT2D eigenvalue weighted by Gasteiger charge is -2.05. The molecule has 2 rings (SSSR count). The monoisotopic (exact) mass is 289 g/mol. The zero-order valence-electron chi connectivity index (χ0n) is 10.2. The molecule has 3 nitrogen and oxygen atoms in total. The largest absolute Gasteiger partial charge is 0.219 e. The smallest absolute Gasteiger partial charge is 0.206 e. The first-order chi connectivity index (χ1) is 9.04. The second-order valence-electron chi connectivity index (χ2n) is 4.02. The molecule has 0 atom stereocenters. The maximum Gasteiger partial charge on any atom is 0.206 e. The van der Waals surface area contributed by atoms with Crippen molar-refractivity contribution in [1.29, 1.82) is 0 Å². The molecule has 0 saturated carbocycles. The minimum Gasteiger partial charge on any atom is -0.219 e. The number of rotatable bonds is 3. The Morgan fingerprint density at radius 1 is 1.05 bits per heavy atom. The van der Waals surface area contributed by atoms with Crippen LogP contribution in [-0.2, 0) is 9.84 Å². The Morgan fingerprint density at radius 3 is 2.32 bits per heavy atom. The number of sulfone groups is 1. The van der Waals surface area contributed by atoms with E-state index < -0.39 is 9.84 Å². The Labute approximate surface area is 117 Å². The van der Waals surface area contributed by atoms with Crippen molar-refractivity contribution in [1.82, 2.24) is 0 Å². The van der Waals surface area contributed by atoms with Gasteiger partial charge < -0.3 is 0 Å². The fourth-order valence-corrected chi connectivity index (χ4v) is 3.14. The van der Waals surface area contributed by atoms with E-state index in [-0.39, 0.29) is 4.90 Å². The maximum absolute atomic E-state index is 12.4. The van der Waals surface area contributed by atoms with Crippen molar-refractivity contribution in [3.63, 3.8) is 0 Å². The molecule has 0 saturated heterocycles. The molecule has 0 bridgehead atoms. The van der Waals surface area contributed by atoms with E-state index in [1.54, 1.807) is 30.3 Å². The standard InChI is InChI=1S/C14H11NO2S2/c1-11-3-2-4-14(9-11)19(16,17)13-7-5-12(6-8-13)15-10-18/h2-9H,1H3. The highest BCUT2D eigenvalue weighted by atomic mass is 32.2. The minimum absolute atomic E-state index is 0.237. The molecule has 0 N–H and O–H groups in total. The average Bonchev–Trinajstić information content (AvgIpc) is 2.40. The number of aryl methyl sites for hydroxylation is 1. The molecule has 0 amide bonds. The molecular formula is C14H11NO2S2. The number of thiocarbonyl (C=S) groups is 1.